The first kappa shape index (κ1) is 18.7. The third kappa shape index (κ3) is 4.53. The second-order valence-electron chi connectivity index (χ2n) is 5.94. The minimum atomic E-state index is 0.613. The Kier molecular flexibility index (Phi) is 6.46. The number of hydrogen-bond donors (Lipinski definition) is 0. The fraction of sp³-hybridized carbons (Fsp3) is 0.368. The molecule has 5 nitrogen and oxygen atoms in total. The Morgan fingerprint density at radius 1 is 1.12 bits per heavy atom. The summed E-state index contributed by atoms with van der Waals surface area (Å²) >= 11 is 2.83. The predicted molar refractivity (Wildman–Crippen MR) is 111 cm³/mol. The lowest BCUT2D eigenvalue weighted by Gasteiger charge is -2.23. The van der Waals surface area contributed by atoms with E-state index in [0.717, 1.165) is 34.6 Å². The lowest BCUT2D eigenvalue weighted by molar-refractivity contribution is 0.112. The van der Waals surface area contributed by atoms with Gasteiger partial charge in [0.1, 0.15) is 4.83 Å². The summed E-state index contributed by atoms with van der Waals surface area (Å²) in [5, 5.41) is 9.13. The van der Waals surface area contributed by atoms with Crippen molar-refractivity contribution in [3.05, 3.63) is 35.2 Å². The average Bonchev–Trinajstić information content (AvgIpc) is 3.22. The van der Waals surface area contributed by atoms with Crippen LogP contribution in [0.1, 0.15) is 42.8 Å². The van der Waals surface area contributed by atoms with Gasteiger partial charge in [-0.1, -0.05) is 31.1 Å². The van der Waals surface area contributed by atoms with Crippen LogP contribution in [0.2, 0.25) is 0 Å². The number of thiazole rings is 1. The predicted octanol–water partition coefficient (Wildman–Crippen LogP) is 6.60. The van der Waals surface area contributed by atoms with Gasteiger partial charge in [-0.15, -0.1) is 21.6 Å². The van der Waals surface area contributed by atoms with Gasteiger partial charge in [-0.2, -0.15) is 0 Å². The number of benzene rings is 1. The van der Waals surface area contributed by atoms with Crippen molar-refractivity contribution in [1.82, 2.24) is 4.98 Å². The second-order valence-corrected chi connectivity index (χ2v) is 8.01. The van der Waals surface area contributed by atoms with E-state index in [0.29, 0.717) is 10.0 Å². The van der Waals surface area contributed by atoms with E-state index in [2.05, 4.69) is 46.1 Å². The monoisotopic (exact) mass is 386 g/mol. The van der Waals surface area contributed by atoms with Crippen molar-refractivity contribution in [3.63, 3.8) is 0 Å². The molecule has 2 heterocycles. The van der Waals surface area contributed by atoms with Crippen molar-refractivity contribution in [2.75, 3.05) is 18.0 Å². The Morgan fingerprint density at radius 3 is 2.58 bits per heavy atom. The molecule has 0 amide bonds. The topological polar surface area (TPSA) is 57.9 Å². The maximum atomic E-state index is 10.8. The van der Waals surface area contributed by atoms with Gasteiger partial charge in [0.2, 0.25) is 5.13 Å². The molecular formula is C19H22N4OS2. The highest BCUT2D eigenvalue weighted by molar-refractivity contribution is 7.29. The lowest BCUT2D eigenvalue weighted by Crippen LogP contribution is -2.23. The zero-order valence-electron chi connectivity index (χ0n) is 15.0. The SMILES string of the molecule is CCCCCN(CC)c1ccc(/N=N/c2nc3sc(C=O)cc3s2)cc1. The van der Waals surface area contributed by atoms with Crippen molar-refractivity contribution in [2.45, 2.75) is 33.1 Å². The Morgan fingerprint density at radius 2 is 1.92 bits per heavy atom. The van der Waals surface area contributed by atoms with E-state index in [1.54, 1.807) is 0 Å². The highest BCUT2D eigenvalue weighted by atomic mass is 32.1. The van der Waals surface area contributed by atoms with Crippen LogP contribution >= 0.6 is 22.7 Å². The van der Waals surface area contributed by atoms with Crippen molar-refractivity contribution in [3.8, 4) is 0 Å². The number of unbranched alkanes of at least 4 members (excludes halogenated alkanes) is 2. The molecule has 0 spiro atoms. The number of rotatable bonds is 9. The molecule has 0 aliphatic carbocycles. The summed E-state index contributed by atoms with van der Waals surface area (Å²) in [7, 11) is 0. The molecule has 136 valence electrons. The van der Waals surface area contributed by atoms with E-state index in [1.807, 2.05) is 18.2 Å². The summed E-state index contributed by atoms with van der Waals surface area (Å²) < 4.78 is 0.979. The maximum absolute atomic E-state index is 10.8. The number of azo groups is 1. The highest BCUT2D eigenvalue weighted by Crippen LogP contribution is 2.34. The summed E-state index contributed by atoms with van der Waals surface area (Å²) in [5.41, 5.74) is 2.03. The first-order chi connectivity index (χ1) is 12.7. The van der Waals surface area contributed by atoms with E-state index in [9.17, 15) is 4.79 Å². The molecule has 0 bridgehead atoms. The van der Waals surface area contributed by atoms with Crippen molar-refractivity contribution < 1.29 is 4.79 Å². The number of aromatic nitrogens is 1. The molecule has 0 aliphatic heterocycles. The van der Waals surface area contributed by atoms with Gasteiger partial charge in [0.15, 0.2) is 6.29 Å². The zero-order valence-corrected chi connectivity index (χ0v) is 16.6. The van der Waals surface area contributed by atoms with Crippen LogP contribution in [0.15, 0.2) is 40.6 Å². The summed E-state index contributed by atoms with van der Waals surface area (Å²) in [5.74, 6) is 0. The lowest BCUT2D eigenvalue weighted by atomic mass is 10.2. The van der Waals surface area contributed by atoms with Gasteiger partial charge in [-0.05, 0) is 43.7 Å². The molecule has 3 aromatic rings. The van der Waals surface area contributed by atoms with Crippen LogP contribution in [-0.4, -0.2) is 24.4 Å². The molecular weight excluding hydrogens is 364 g/mol. The van der Waals surface area contributed by atoms with Crippen molar-refractivity contribution in [2.24, 2.45) is 10.2 Å². The van der Waals surface area contributed by atoms with Crippen LogP contribution in [0.25, 0.3) is 9.53 Å². The molecule has 0 atom stereocenters. The highest BCUT2D eigenvalue weighted by Gasteiger charge is 2.08. The quantitative estimate of drug-likeness (QED) is 0.236. The van der Waals surface area contributed by atoms with Gasteiger partial charge in [0.05, 0.1) is 15.3 Å². The van der Waals surface area contributed by atoms with E-state index < -0.39 is 0 Å². The molecule has 1 aromatic carbocycles. The van der Waals surface area contributed by atoms with Crippen LogP contribution in [-0.2, 0) is 0 Å². The van der Waals surface area contributed by atoms with Crippen LogP contribution in [0.3, 0.4) is 0 Å². The Labute approximate surface area is 161 Å². The van der Waals surface area contributed by atoms with E-state index in [-0.39, 0.29) is 0 Å². The van der Waals surface area contributed by atoms with Gasteiger partial charge in [-0.3, -0.25) is 4.79 Å². The third-order valence-corrected chi connectivity index (χ3v) is 6.06. The summed E-state index contributed by atoms with van der Waals surface area (Å²) in [6.07, 6.45) is 4.58. The number of hydrogen-bond acceptors (Lipinski definition) is 7. The smallest absolute Gasteiger partial charge is 0.231 e. The van der Waals surface area contributed by atoms with Gasteiger partial charge < -0.3 is 4.90 Å². The number of thiophene rings is 1. The normalized spacial score (nSPS) is 11.5. The number of nitrogens with zero attached hydrogens (tertiary/aromatic N) is 4. The molecule has 0 fully saturated rings. The number of anilines is 1. The van der Waals surface area contributed by atoms with E-state index in [4.69, 9.17) is 0 Å². The van der Waals surface area contributed by atoms with Crippen molar-refractivity contribution >= 4 is 55.0 Å². The second kappa shape index (κ2) is 9.00. The minimum absolute atomic E-state index is 0.613. The largest absolute Gasteiger partial charge is 0.372 e. The van der Waals surface area contributed by atoms with Crippen LogP contribution < -0.4 is 4.90 Å². The Balaban J connectivity index is 1.66. The third-order valence-electron chi connectivity index (χ3n) is 4.09. The van der Waals surface area contributed by atoms with Gasteiger partial charge >= 0.3 is 0 Å². The molecule has 2 aromatic heterocycles. The zero-order chi connectivity index (χ0) is 18.4. The summed E-state index contributed by atoms with van der Waals surface area (Å²) in [6, 6.07) is 10.0. The molecule has 0 N–H and O–H groups in total. The number of carbonyl (C=O) groups excluding carboxylic acids is 1. The fourth-order valence-electron chi connectivity index (χ4n) is 2.70. The van der Waals surface area contributed by atoms with E-state index >= 15 is 0 Å². The molecule has 0 saturated carbocycles. The van der Waals surface area contributed by atoms with E-state index in [1.165, 1.54) is 47.6 Å². The van der Waals surface area contributed by atoms with Gasteiger partial charge in [0, 0.05) is 18.8 Å². The molecule has 0 radical (unpaired) electrons. The molecule has 26 heavy (non-hydrogen) atoms. The Hall–Kier alpha value is -2.12. The van der Waals surface area contributed by atoms with Crippen LogP contribution in [0, 0.1) is 0 Å². The first-order valence-electron chi connectivity index (χ1n) is 8.85. The van der Waals surface area contributed by atoms with Gasteiger partial charge in [0.25, 0.3) is 0 Å². The molecule has 0 unspecified atom stereocenters. The standard InChI is InChI=1S/C19H22N4OS2/c1-3-5-6-11-23(4-2)15-9-7-14(8-10-15)21-22-19-20-18-17(26-19)12-16(13-24)25-18/h7-10,12-13H,3-6,11H2,1-2H3/b22-21+. The fourth-order valence-corrected chi connectivity index (χ4v) is 4.55. The molecule has 3 rings (SSSR count). The average molecular weight is 387 g/mol. The van der Waals surface area contributed by atoms with Crippen LogP contribution in [0.4, 0.5) is 16.5 Å². The summed E-state index contributed by atoms with van der Waals surface area (Å²) in [4.78, 5) is 19.1. The molecule has 0 aliphatic rings. The minimum Gasteiger partial charge on any atom is -0.372 e. The molecule has 7 heteroatoms. The van der Waals surface area contributed by atoms with Crippen molar-refractivity contribution in [1.29, 1.82) is 0 Å². The number of fused-ring (bicyclic) bond motifs is 1. The molecule has 0 saturated heterocycles. The number of aldehydes is 1. The van der Waals surface area contributed by atoms with Crippen LogP contribution in [0.5, 0.6) is 0 Å². The van der Waals surface area contributed by atoms with Gasteiger partial charge in [-0.25, -0.2) is 4.98 Å². The summed E-state index contributed by atoms with van der Waals surface area (Å²) in [6.45, 7) is 6.50. The maximum Gasteiger partial charge on any atom is 0.231 e. The Bertz CT molecular complexity index is 851. The number of carbonyl (C=O) groups is 1. The first-order valence-corrected chi connectivity index (χ1v) is 10.5.